The van der Waals surface area contributed by atoms with Gasteiger partial charge in [0.15, 0.2) is 0 Å². The summed E-state index contributed by atoms with van der Waals surface area (Å²) >= 11 is 0. The highest BCUT2D eigenvalue weighted by molar-refractivity contribution is 6.22. The standard InChI is InChI=1S/C54H26/c1-3-5-7-9-11-15-21-41-27-37-49-51(39-41)53(47-33-29-45(30-34-47)43-23-17-13-18-24-43)50-38-28-42(22-16-12-10-8-6-4-2)40-52(50)54(49)48-35-31-46(32-36-48)44-25-19-14-20-26-44/h1-2,13-14,17-20,23-40H. The Morgan fingerprint density at radius 2 is 0.611 bits per heavy atom. The van der Waals surface area contributed by atoms with Crippen LogP contribution in [0.25, 0.3) is 66.1 Å². The largest absolute Gasteiger partial charge is 0.106 e. The van der Waals surface area contributed by atoms with E-state index in [1.165, 1.54) is 0 Å². The monoisotopic (exact) mass is 674 g/mol. The summed E-state index contributed by atoms with van der Waals surface area (Å²) in [7, 11) is 0. The van der Waals surface area contributed by atoms with E-state index in [1.54, 1.807) is 0 Å². The average Bonchev–Trinajstić information content (AvgIpc) is 3.23. The van der Waals surface area contributed by atoms with E-state index in [2.05, 4.69) is 204 Å². The van der Waals surface area contributed by atoms with Crippen LogP contribution in [-0.2, 0) is 0 Å². The second-order valence-corrected chi connectivity index (χ2v) is 11.9. The number of hydrogen-bond acceptors (Lipinski definition) is 0. The van der Waals surface area contributed by atoms with E-state index in [0.29, 0.717) is 0 Å². The van der Waals surface area contributed by atoms with Crippen LogP contribution in [-0.4, -0.2) is 0 Å². The minimum Gasteiger partial charge on any atom is -0.106 e. The highest BCUT2D eigenvalue weighted by Gasteiger charge is 2.18. The predicted molar refractivity (Wildman–Crippen MR) is 226 cm³/mol. The van der Waals surface area contributed by atoms with Gasteiger partial charge in [0.1, 0.15) is 0 Å². The molecule has 0 aliphatic carbocycles. The fourth-order valence-corrected chi connectivity index (χ4v) is 6.39. The third-order valence-corrected chi connectivity index (χ3v) is 8.74. The van der Waals surface area contributed by atoms with E-state index >= 15 is 0 Å². The molecule has 0 aliphatic rings. The van der Waals surface area contributed by atoms with Crippen molar-refractivity contribution in [2.75, 3.05) is 0 Å². The smallest absolute Gasteiger partial charge is 0.0262 e. The third kappa shape index (κ3) is 7.64. The molecule has 0 fully saturated rings. The van der Waals surface area contributed by atoms with Gasteiger partial charge in [0, 0.05) is 11.1 Å². The van der Waals surface area contributed by atoms with Crippen LogP contribution in [0.1, 0.15) is 11.1 Å². The first kappa shape index (κ1) is 34.0. The highest BCUT2D eigenvalue weighted by Crippen LogP contribution is 2.45. The van der Waals surface area contributed by atoms with Gasteiger partial charge in [0.2, 0.25) is 0 Å². The highest BCUT2D eigenvalue weighted by atomic mass is 14.2. The molecule has 0 aliphatic heterocycles. The number of rotatable bonds is 4. The molecule has 0 heterocycles. The fourth-order valence-electron chi connectivity index (χ4n) is 6.39. The maximum absolute atomic E-state index is 5.22. The summed E-state index contributed by atoms with van der Waals surface area (Å²) in [4.78, 5) is 0. The van der Waals surface area contributed by atoms with Crippen molar-refractivity contribution >= 4 is 21.5 Å². The van der Waals surface area contributed by atoms with Crippen molar-refractivity contribution in [1.29, 1.82) is 0 Å². The van der Waals surface area contributed by atoms with Crippen LogP contribution in [0.5, 0.6) is 0 Å². The summed E-state index contributed by atoms with van der Waals surface area (Å²) < 4.78 is 0. The zero-order valence-corrected chi connectivity index (χ0v) is 29.0. The minimum atomic E-state index is 0.836. The molecule has 0 N–H and O–H groups in total. The van der Waals surface area contributed by atoms with Crippen LogP contribution in [0.2, 0.25) is 0 Å². The van der Waals surface area contributed by atoms with Crippen LogP contribution in [0.3, 0.4) is 0 Å². The Hall–Kier alpha value is -8.46. The first-order chi connectivity index (χ1) is 26.7. The summed E-state index contributed by atoms with van der Waals surface area (Å²) in [6.07, 6.45) is 10.4. The quantitative estimate of drug-likeness (QED) is 0.129. The lowest BCUT2D eigenvalue weighted by atomic mass is 9.84. The molecule has 0 heteroatoms. The lowest BCUT2D eigenvalue weighted by Crippen LogP contribution is -1.93. The predicted octanol–water partition coefficient (Wildman–Crippen LogP) is 10.6. The third-order valence-electron chi connectivity index (χ3n) is 8.74. The average molecular weight is 675 g/mol. The van der Waals surface area contributed by atoms with Crippen molar-refractivity contribution < 1.29 is 0 Å². The van der Waals surface area contributed by atoms with Gasteiger partial charge in [0.25, 0.3) is 0 Å². The zero-order chi connectivity index (χ0) is 37.0. The molecule has 0 amide bonds. The molecular formula is C54H26. The second kappa shape index (κ2) is 16.5. The van der Waals surface area contributed by atoms with Gasteiger partial charge < -0.3 is 0 Å². The van der Waals surface area contributed by atoms with Gasteiger partial charge in [-0.15, -0.1) is 12.8 Å². The minimum absolute atomic E-state index is 0.836. The van der Waals surface area contributed by atoms with E-state index in [-0.39, 0.29) is 0 Å². The first-order valence-corrected chi connectivity index (χ1v) is 17.0. The molecule has 0 unspecified atom stereocenters. The van der Waals surface area contributed by atoms with Crippen LogP contribution in [0.15, 0.2) is 146 Å². The number of fused-ring (bicyclic) bond motifs is 2. The van der Waals surface area contributed by atoms with Gasteiger partial charge in [-0.1, -0.05) is 133 Å². The maximum Gasteiger partial charge on any atom is 0.0262 e. The number of terminal acetylenes is 2. The van der Waals surface area contributed by atoms with Crippen LogP contribution < -0.4 is 0 Å². The molecule has 7 rings (SSSR count). The molecule has 0 nitrogen and oxygen atoms in total. The summed E-state index contributed by atoms with van der Waals surface area (Å²) in [6.45, 7) is 0. The molecule has 0 aromatic heterocycles. The molecular weight excluding hydrogens is 649 g/mol. The summed E-state index contributed by atoms with van der Waals surface area (Å²) in [6, 6.07) is 51.0. The fraction of sp³-hybridized carbons (Fsp3) is 0. The van der Waals surface area contributed by atoms with Crippen molar-refractivity contribution in [2.24, 2.45) is 0 Å². The van der Waals surface area contributed by atoms with Crippen LogP contribution in [0.4, 0.5) is 0 Å². The summed E-state index contributed by atoms with van der Waals surface area (Å²) in [5, 5.41) is 4.31. The van der Waals surface area contributed by atoms with E-state index in [9.17, 15) is 0 Å². The molecule has 7 aromatic carbocycles. The maximum atomic E-state index is 5.22. The molecule has 0 atom stereocenters. The molecule has 242 valence electrons. The van der Waals surface area contributed by atoms with Crippen molar-refractivity contribution in [3.05, 3.63) is 157 Å². The van der Waals surface area contributed by atoms with E-state index in [4.69, 9.17) is 12.8 Å². The SMILES string of the molecule is C#CC#CC#CC#Cc1ccc2c(-c3ccc(-c4ccccc4)cc3)c3cc(C#CC#CC#CC#C)ccc3c(-c3ccc(-c4ccccc4)cc3)c2c1. The lowest BCUT2D eigenvalue weighted by molar-refractivity contribution is 1.60. The number of benzene rings is 7. The Labute approximate surface area is 317 Å². The molecule has 54 heavy (non-hydrogen) atoms. The summed E-state index contributed by atoms with van der Waals surface area (Å²) in [5.41, 5.74) is 10.7. The Morgan fingerprint density at radius 3 is 1.00 bits per heavy atom. The van der Waals surface area contributed by atoms with E-state index in [0.717, 1.165) is 77.2 Å². The van der Waals surface area contributed by atoms with Crippen molar-refractivity contribution in [3.63, 3.8) is 0 Å². The van der Waals surface area contributed by atoms with Gasteiger partial charge in [-0.25, -0.2) is 0 Å². The zero-order valence-electron chi connectivity index (χ0n) is 29.0. The van der Waals surface area contributed by atoms with E-state index < -0.39 is 0 Å². The molecule has 0 spiro atoms. The topological polar surface area (TPSA) is 0 Å². The van der Waals surface area contributed by atoms with Gasteiger partial charge in [-0.2, -0.15) is 0 Å². The van der Waals surface area contributed by atoms with Gasteiger partial charge >= 0.3 is 0 Å². The molecule has 0 radical (unpaired) electrons. The van der Waals surface area contributed by atoms with Gasteiger partial charge in [-0.3, -0.25) is 0 Å². The normalized spacial score (nSPS) is 9.30. The second-order valence-electron chi connectivity index (χ2n) is 11.9. The van der Waals surface area contributed by atoms with Crippen LogP contribution >= 0.6 is 0 Å². The Morgan fingerprint density at radius 1 is 0.278 bits per heavy atom. The van der Waals surface area contributed by atoms with Gasteiger partial charge in [-0.05, 0) is 161 Å². The Kier molecular flexibility index (Phi) is 10.4. The van der Waals surface area contributed by atoms with Crippen molar-refractivity contribution in [1.82, 2.24) is 0 Å². The number of hydrogen-bond donors (Lipinski definition) is 0. The Balaban J connectivity index is 1.49. The lowest BCUT2D eigenvalue weighted by Gasteiger charge is -2.19. The molecule has 0 bridgehead atoms. The van der Waals surface area contributed by atoms with Crippen molar-refractivity contribution in [2.45, 2.75) is 0 Å². The van der Waals surface area contributed by atoms with Crippen LogP contribution in [0, 0.1) is 95.7 Å². The molecule has 7 aromatic rings. The molecule has 0 saturated heterocycles. The van der Waals surface area contributed by atoms with Crippen molar-refractivity contribution in [3.8, 4) is 140 Å². The van der Waals surface area contributed by atoms with E-state index in [1.807, 2.05) is 24.3 Å². The molecule has 0 saturated carbocycles. The van der Waals surface area contributed by atoms with Gasteiger partial charge in [0.05, 0.1) is 0 Å². The summed E-state index contributed by atoms with van der Waals surface area (Å²) in [5.74, 6) is 38.0. The Bertz CT molecular complexity index is 2820. The first-order valence-electron chi connectivity index (χ1n) is 17.0.